The van der Waals surface area contributed by atoms with E-state index in [0.29, 0.717) is 42.2 Å². The fraction of sp³-hybridized carbons (Fsp3) is 0.304. The van der Waals surface area contributed by atoms with Crippen molar-refractivity contribution in [1.82, 2.24) is 10.0 Å². The Morgan fingerprint density at radius 3 is 2.67 bits per heavy atom. The number of ether oxygens (including phenoxy) is 2. The molecule has 0 spiro atoms. The summed E-state index contributed by atoms with van der Waals surface area (Å²) in [5.74, 6) is -0.662. The number of hydrogen-bond donors (Lipinski definition) is 1. The van der Waals surface area contributed by atoms with Gasteiger partial charge in [-0.05, 0) is 43.7 Å². The van der Waals surface area contributed by atoms with Crippen molar-refractivity contribution in [2.75, 3.05) is 43.1 Å². The molecule has 0 atom stereocenters. The van der Waals surface area contributed by atoms with Crippen LogP contribution in [0, 0.1) is 0 Å². The molecule has 2 aromatic rings. The Hall–Kier alpha value is -4.08. The summed E-state index contributed by atoms with van der Waals surface area (Å²) in [5, 5.41) is 5.38. The van der Waals surface area contributed by atoms with E-state index in [0.717, 1.165) is 0 Å². The number of hydrogen-bond acceptors (Lipinski definition) is 6. The SMILES string of the molecule is CCOC(=O)c1cccc(NC(=O)N2CCCN2C(=O)CN2C(=O)COc3ccccc32)c1. The minimum atomic E-state index is -0.504. The first kappa shape index (κ1) is 22.1. The minimum absolute atomic E-state index is 0.148. The predicted molar refractivity (Wildman–Crippen MR) is 119 cm³/mol. The number of nitrogens with one attached hydrogen (secondary N) is 1. The van der Waals surface area contributed by atoms with Crippen molar-refractivity contribution in [2.45, 2.75) is 13.3 Å². The molecule has 0 radical (unpaired) electrons. The molecule has 2 aromatic carbocycles. The van der Waals surface area contributed by atoms with Gasteiger partial charge in [-0.3, -0.25) is 14.5 Å². The average molecular weight is 452 g/mol. The van der Waals surface area contributed by atoms with Crippen molar-refractivity contribution < 1.29 is 28.7 Å². The van der Waals surface area contributed by atoms with Crippen LogP contribution in [0.2, 0.25) is 0 Å². The van der Waals surface area contributed by atoms with Gasteiger partial charge in [0, 0.05) is 18.8 Å². The number of esters is 1. The maximum Gasteiger partial charge on any atom is 0.340 e. The van der Waals surface area contributed by atoms with Crippen molar-refractivity contribution in [3.05, 3.63) is 54.1 Å². The molecule has 10 heteroatoms. The van der Waals surface area contributed by atoms with E-state index in [9.17, 15) is 19.2 Å². The summed E-state index contributed by atoms with van der Waals surface area (Å²) >= 11 is 0. The topological polar surface area (TPSA) is 108 Å². The van der Waals surface area contributed by atoms with Gasteiger partial charge in [0.25, 0.3) is 11.8 Å². The van der Waals surface area contributed by atoms with Gasteiger partial charge in [-0.25, -0.2) is 19.6 Å². The summed E-state index contributed by atoms with van der Waals surface area (Å²) < 4.78 is 10.4. The Labute approximate surface area is 190 Å². The lowest BCUT2D eigenvalue weighted by molar-refractivity contribution is -0.139. The number of fused-ring (bicyclic) bond motifs is 1. The van der Waals surface area contributed by atoms with Crippen molar-refractivity contribution in [1.29, 1.82) is 0 Å². The van der Waals surface area contributed by atoms with E-state index >= 15 is 0 Å². The van der Waals surface area contributed by atoms with Gasteiger partial charge in [-0.2, -0.15) is 0 Å². The van der Waals surface area contributed by atoms with E-state index < -0.39 is 12.0 Å². The van der Waals surface area contributed by atoms with Crippen molar-refractivity contribution in [3.63, 3.8) is 0 Å². The van der Waals surface area contributed by atoms with Crippen molar-refractivity contribution in [2.24, 2.45) is 0 Å². The molecule has 0 aliphatic carbocycles. The van der Waals surface area contributed by atoms with Gasteiger partial charge in [0.05, 0.1) is 17.9 Å². The molecule has 4 rings (SSSR count). The van der Waals surface area contributed by atoms with Gasteiger partial charge >= 0.3 is 12.0 Å². The van der Waals surface area contributed by atoms with Crippen LogP contribution in [0.25, 0.3) is 0 Å². The normalized spacial score (nSPS) is 15.1. The second kappa shape index (κ2) is 9.60. The zero-order valence-corrected chi connectivity index (χ0v) is 18.2. The molecule has 2 heterocycles. The highest BCUT2D eigenvalue weighted by atomic mass is 16.5. The summed E-state index contributed by atoms with van der Waals surface area (Å²) in [6, 6.07) is 12.9. The maximum absolute atomic E-state index is 13.1. The van der Waals surface area contributed by atoms with E-state index in [1.165, 1.54) is 21.0 Å². The molecule has 2 aliphatic heterocycles. The highest BCUT2D eigenvalue weighted by Crippen LogP contribution is 2.31. The number of benzene rings is 2. The lowest BCUT2D eigenvalue weighted by atomic mass is 10.2. The van der Waals surface area contributed by atoms with Crippen molar-refractivity contribution in [3.8, 4) is 5.75 Å². The number of anilines is 2. The zero-order chi connectivity index (χ0) is 23.4. The lowest BCUT2D eigenvalue weighted by Gasteiger charge is -2.32. The summed E-state index contributed by atoms with van der Waals surface area (Å²) in [4.78, 5) is 51.7. The first-order chi connectivity index (χ1) is 16.0. The van der Waals surface area contributed by atoms with E-state index in [1.54, 1.807) is 49.4 Å². The smallest absolute Gasteiger partial charge is 0.340 e. The first-order valence-corrected chi connectivity index (χ1v) is 10.7. The van der Waals surface area contributed by atoms with Gasteiger partial charge in [0.2, 0.25) is 0 Å². The Balaban J connectivity index is 1.44. The molecule has 4 amide bonds. The van der Waals surface area contributed by atoms with Crippen LogP contribution in [-0.2, 0) is 14.3 Å². The summed E-state index contributed by atoms with van der Waals surface area (Å²) in [6.07, 6.45) is 0.607. The maximum atomic E-state index is 13.1. The minimum Gasteiger partial charge on any atom is -0.482 e. The molecule has 0 unspecified atom stereocenters. The number of nitrogens with zero attached hydrogens (tertiary/aromatic N) is 3. The second-order valence-corrected chi connectivity index (χ2v) is 7.46. The Morgan fingerprint density at radius 2 is 1.85 bits per heavy atom. The first-order valence-electron chi connectivity index (χ1n) is 10.7. The third kappa shape index (κ3) is 4.74. The number of para-hydroxylation sites is 2. The molecule has 1 saturated heterocycles. The summed E-state index contributed by atoms with van der Waals surface area (Å²) in [7, 11) is 0. The summed E-state index contributed by atoms with van der Waals surface area (Å²) in [6.45, 7) is 2.31. The number of urea groups is 1. The fourth-order valence-electron chi connectivity index (χ4n) is 3.75. The molecule has 33 heavy (non-hydrogen) atoms. The molecule has 2 aliphatic rings. The molecule has 1 N–H and O–H groups in total. The lowest BCUT2D eigenvalue weighted by Crippen LogP contribution is -2.52. The Bertz CT molecular complexity index is 1090. The molecular formula is C23H24N4O6. The highest BCUT2D eigenvalue weighted by Gasteiger charge is 2.34. The van der Waals surface area contributed by atoms with Gasteiger partial charge in [0.15, 0.2) is 6.61 Å². The third-order valence-corrected chi connectivity index (χ3v) is 5.28. The van der Waals surface area contributed by atoms with Crippen molar-refractivity contribution >= 4 is 35.2 Å². The molecule has 172 valence electrons. The molecule has 0 aromatic heterocycles. The van der Waals surface area contributed by atoms with Crippen LogP contribution < -0.4 is 15.0 Å². The van der Waals surface area contributed by atoms with Crippen LogP contribution in [0.4, 0.5) is 16.2 Å². The Kier molecular flexibility index (Phi) is 6.43. The average Bonchev–Trinajstić information content (AvgIpc) is 3.32. The number of carbonyl (C=O) groups is 4. The standard InChI is InChI=1S/C23H24N4O6/c1-2-32-22(30)16-7-5-8-17(13-16)24-23(31)27-12-6-11-26(27)20(28)14-25-18-9-3-4-10-19(18)33-15-21(25)29/h3-5,7-10,13H,2,6,11-12,14-15H2,1H3,(H,24,31). The number of rotatable bonds is 5. The van der Waals surface area contributed by atoms with Crippen LogP contribution >= 0.6 is 0 Å². The number of amides is 4. The quantitative estimate of drug-likeness (QED) is 0.698. The van der Waals surface area contributed by atoms with Crippen LogP contribution in [0.15, 0.2) is 48.5 Å². The molecule has 0 saturated carbocycles. The molecule has 1 fully saturated rings. The zero-order valence-electron chi connectivity index (χ0n) is 18.2. The fourth-order valence-corrected chi connectivity index (χ4v) is 3.75. The van der Waals surface area contributed by atoms with Crippen LogP contribution in [0.1, 0.15) is 23.7 Å². The van der Waals surface area contributed by atoms with Gasteiger partial charge in [-0.1, -0.05) is 18.2 Å². The van der Waals surface area contributed by atoms with Crippen LogP contribution in [0.3, 0.4) is 0 Å². The van der Waals surface area contributed by atoms with Crippen LogP contribution in [0.5, 0.6) is 5.75 Å². The van der Waals surface area contributed by atoms with Gasteiger partial charge in [-0.15, -0.1) is 0 Å². The Morgan fingerprint density at radius 1 is 1.06 bits per heavy atom. The molecular weight excluding hydrogens is 428 g/mol. The van der Waals surface area contributed by atoms with E-state index in [1.807, 2.05) is 0 Å². The predicted octanol–water partition coefficient (Wildman–Crippen LogP) is 2.27. The van der Waals surface area contributed by atoms with Gasteiger partial charge < -0.3 is 14.8 Å². The monoisotopic (exact) mass is 452 g/mol. The number of hydrazine groups is 1. The van der Waals surface area contributed by atoms with Crippen LogP contribution in [-0.4, -0.2) is 66.7 Å². The van der Waals surface area contributed by atoms with E-state index in [4.69, 9.17) is 9.47 Å². The highest BCUT2D eigenvalue weighted by molar-refractivity contribution is 6.02. The van der Waals surface area contributed by atoms with E-state index in [2.05, 4.69) is 5.32 Å². The number of carbonyl (C=O) groups excluding carboxylic acids is 4. The second-order valence-electron chi connectivity index (χ2n) is 7.46. The van der Waals surface area contributed by atoms with E-state index in [-0.39, 0.29) is 31.6 Å². The third-order valence-electron chi connectivity index (χ3n) is 5.28. The molecule has 0 bridgehead atoms. The van der Waals surface area contributed by atoms with Gasteiger partial charge in [0.1, 0.15) is 12.3 Å². The molecule has 10 nitrogen and oxygen atoms in total. The summed E-state index contributed by atoms with van der Waals surface area (Å²) in [5.41, 5.74) is 1.24. The largest absolute Gasteiger partial charge is 0.482 e.